The summed E-state index contributed by atoms with van der Waals surface area (Å²) in [4.78, 5) is 8.82. The molecule has 0 unspecified atom stereocenters. The SMILES string of the molecule is CCON=[Si](C)CC. The number of nitrogens with zero attached hydrogens (tertiary/aromatic N) is 1. The van der Waals surface area contributed by atoms with Crippen LogP contribution >= 0.6 is 0 Å². The lowest BCUT2D eigenvalue weighted by Gasteiger charge is -1.92. The van der Waals surface area contributed by atoms with Crippen molar-refractivity contribution >= 4 is 8.59 Å². The van der Waals surface area contributed by atoms with Gasteiger partial charge in [0, 0.05) is 0 Å². The molecule has 0 rings (SSSR count). The van der Waals surface area contributed by atoms with Crippen molar-refractivity contribution in [3.05, 3.63) is 0 Å². The predicted octanol–water partition coefficient (Wildman–Crippen LogP) is 1.85. The van der Waals surface area contributed by atoms with Crippen molar-refractivity contribution in [2.24, 2.45) is 4.80 Å². The van der Waals surface area contributed by atoms with Gasteiger partial charge in [-0.15, -0.1) is 0 Å². The van der Waals surface area contributed by atoms with E-state index < -0.39 is 8.59 Å². The van der Waals surface area contributed by atoms with E-state index in [-0.39, 0.29) is 0 Å². The van der Waals surface area contributed by atoms with Crippen LogP contribution in [0.5, 0.6) is 0 Å². The van der Waals surface area contributed by atoms with Crippen molar-refractivity contribution in [1.82, 2.24) is 0 Å². The van der Waals surface area contributed by atoms with Gasteiger partial charge in [0.05, 0.1) is 0 Å². The minimum absolute atomic E-state index is 0.489. The molecule has 0 amide bonds. The molecule has 0 bridgehead atoms. The summed E-state index contributed by atoms with van der Waals surface area (Å²) in [5.74, 6) is 0. The normalized spacial score (nSPS) is 11.6. The third-order valence-corrected chi connectivity index (χ3v) is 2.33. The van der Waals surface area contributed by atoms with Gasteiger partial charge in [0.25, 0.3) is 0 Å². The standard InChI is InChI=1S/C5H13NOSi/c1-4-7-6-8(3)5-2/h4-5H2,1-3H3. The van der Waals surface area contributed by atoms with Crippen molar-refractivity contribution in [2.75, 3.05) is 6.61 Å². The molecule has 0 aliphatic heterocycles. The minimum atomic E-state index is -0.489. The van der Waals surface area contributed by atoms with Crippen molar-refractivity contribution in [1.29, 1.82) is 0 Å². The van der Waals surface area contributed by atoms with Crippen molar-refractivity contribution in [2.45, 2.75) is 26.4 Å². The zero-order valence-electron chi connectivity index (χ0n) is 5.77. The van der Waals surface area contributed by atoms with Crippen LogP contribution in [-0.4, -0.2) is 15.2 Å². The van der Waals surface area contributed by atoms with Crippen LogP contribution in [0.25, 0.3) is 0 Å². The molecule has 48 valence electrons. The molecule has 3 heteroatoms. The van der Waals surface area contributed by atoms with Gasteiger partial charge in [-0.25, -0.2) is 0 Å². The van der Waals surface area contributed by atoms with E-state index in [9.17, 15) is 0 Å². The molecule has 0 aliphatic rings. The van der Waals surface area contributed by atoms with Gasteiger partial charge in [0.15, 0.2) is 8.59 Å². The summed E-state index contributed by atoms with van der Waals surface area (Å²) < 4.78 is 0. The Labute approximate surface area is 52.2 Å². The highest BCUT2D eigenvalue weighted by molar-refractivity contribution is 6.44. The zero-order valence-corrected chi connectivity index (χ0v) is 6.77. The first kappa shape index (κ1) is 7.82. The average molecular weight is 131 g/mol. The van der Waals surface area contributed by atoms with E-state index in [2.05, 4.69) is 18.3 Å². The summed E-state index contributed by atoms with van der Waals surface area (Å²) >= 11 is 0. The van der Waals surface area contributed by atoms with Gasteiger partial charge in [-0.2, -0.15) is 4.80 Å². The molecule has 0 aromatic rings. The predicted molar refractivity (Wildman–Crippen MR) is 36.2 cm³/mol. The van der Waals surface area contributed by atoms with E-state index in [4.69, 9.17) is 4.84 Å². The van der Waals surface area contributed by atoms with E-state index in [0.717, 1.165) is 6.04 Å². The van der Waals surface area contributed by atoms with Gasteiger partial charge in [-0.1, -0.05) is 6.92 Å². The Morgan fingerprint density at radius 1 is 1.50 bits per heavy atom. The largest absolute Gasteiger partial charge is 0.407 e. The molecule has 8 heavy (non-hydrogen) atoms. The van der Waals surface area contributed by atoms with E-state index in [1.165, 1.54) is 0 Å². The van der Waals surface area contributed by atoms with Crippen molar-refractivity contribution < 1.29 is 4.84 Å². The van der Waals surface area contributed by atoms with E-state index in [1.807, 2.05) is 6.92 Å². The highest BCUT2D eigenvalue weighted by atomic mass is 28.2. The molecule has 0 spiro atoms. The maximum atomic E-state index is 4.86. The summed E-state index contributed by atoms with van der Waals surface area (Å²) in [7, 11) is -0.489. The second-order valence-electron chi connectivity index (χ2n) is 1.60. The highest BCUT2D eigenvalue weighted by Crippen LogP contribution is 1.83. The Balaban J connectivity index is 3.26. The third-order valence-electron chi connectivity index (χ3n) is 0.861. The Morgan fingerprint density at radius 3 is 2.50 bits per heavy atom. The first-order valence-corrected chi connectivity index (χ1v) is 5.12. The summed E-state index contributed by atoms with van der Waals surface area (Å²) in [6, 6.07) is 1.16. The third kappa shape index (κ3) is 3.99. The molecule has 0 saturated heterocycles. The van der Waals surface area contributed by atoms with Crippen LogP contribution in [0.1, 0.15) is 13.8 Å². The van der Waals surface area contributed by atoms with Gasteiger partial charge in [0.2, 0.25) is 0 Å². The zero-order chi connectivity index (χ0) is 6.41. The van der Waals surface area contributed by atoms with Crippen molar-refractivity contribution in [3.8, 4) is 0 Å². The molecule has 0 radical (unpaired) electrons. The second kappa shape index (κ2) is 4.96. The maximum absolute atomic E-state index is 4.86. The molecule has 0 aromatic carbocycles. The number of hydrogen-bond acceptors (Lipinski definition) is 2. The summed E-state index contributed by atoms with van der Waals surface area (Å²) in [5.41, 5.74) is 0. The Hall–Kier alpha value is -0.183. The quantitative estimate of drug-likeness (QED) is 0.423. The molecular weight excluding hydrogens is 118 g/mol. The summed E-state index contributed by atoms with van der Waals surface area (Å²) in [5, 5.41) is 0. The van der Waals surface area contributed by atoms with Crippen LogP contribution < -0.4 is 0 Å². The molecule has 0 N–H and O–H groups in total. The molecule has 0 heterocycles. The first-order valence-electron chi connectivity index (χ1n) is 2.96. The van der Waals surface area contributed by atoms with Crippen LogP contribution in [0.2, 0.25) is 12.6 Å². The van der Waals surface area contributed by atoms with Gasteiger partial charge < -0.3 is 4.84 Å². The van der Waals surface area contributed by atoms with Crippen LogP contribution in [0.3, 0.4) is 0 Å². The van der Waals surface area contributed by atoms with E-state index in [0.29, 0.717) is 6.61 Å². The fraction of sp³-hybridized carbons (Fsp3) is 1.00. The Morgan fingerprint density at radius 2 is 2.12 bits per heavy atom. The number of rotatable bonds is 3. The van der Waals surface area contributed by atoms with E-state index in [1.54, 1.807) is 0 Å². The average Bonchev–Trinajstić information content (AvgIpc) is 1.83. The van der Waals surface area contributed by atoms with Crippen molar-refractivity contribution in [3.63, 3.8) is 0 Å². The molecular formula is C5H13NOSi. The summed E-state index contributed by atoms with van der Waals surface area (Å²) in [6.45, 7) is 6.94. The fourth-order valence-electron chi connectivity index (χ4n) is 0.239. The molecule has 0 aliphatic carbocycles. The maximum Gasteiger partial charge on any atom is 0.176 e. The number of hydrogen-bond donors (Lipinski definition) is 0. The Bertz CT molecular complexity index is 82.5. The van der Waals surface area contributed by atoms with Gasteiger partial charge >= 0.3 is 0 Å². The highest BCUT2D eigenvalue weighted by Gasteiger charge is 1.84. The molecule has 0 atom stereocenters. The van der Waals surface area contributed by atoms with Gasteiger partial charge in [0.1, 0.15) is 6.61 Å². The smallest absolute Gasteiger partial charge is 0.176 e. The van der Waals surface area contributed by atoms with Crippen LogP contribution in [0, 0.1) is 0 Å². The second-order valence-corrected chi connectivity index (χ2v) is 3.96. The molecule has 0 fully saturated rings. The Kier molecular flexibility index (Phi) is 4.85. The van der Waals surface area contributed by atoms with Crippen LogP contribution in [0.15, 0.2) is 4.80 Å². The molecule has 0 aromatic heterocycles. The summed E-state index contributed by atoms with van der Waals surface area (Å²) in [6.07, 6.45) is 0. The monoisotopic (exact) mass is 131 g/mol. The van der Waals surface area contributed by atoms with Crippen LogP contribution in [0.4, 0.5) is 0 Å². The van der Waals surface area contributed by atoms with E-state index >= 15 is 0 Å². The first-order chi connectivity index (χ1) is 3.81. The lowest BCUT2D eigenvalue weighted by atomic mass is 10.9. The topological polar surface area (TPSA) is 21.6 Å². The van der Waals surface area contributed by atoms with Crippen LogP contribution in [-0.2, 0) is 4.84 Å². The fourth-order valence-corrected chi connectivity index (χ4v) is 0.718. The molecule has 0 saturated carbocycles. The minimum Gasteiger partial charge on any atom is -0.407 e. The lowest BCUT2D eigenvalue weighted by molar-refractivity contribution is 0.161. The lowest BCUT2D eigenvalue weighted by Crippen LogP contribution is -1.91. The van der Waals surface area contributed by atoms with Gasteiger partial charge in [-0.3, -0.25) is 0 Å². The van der Waals surface area contributed by atoms with Gasteiger partial charge in [-0.05, 0) is 19.5 Å². The molecule has 2 nitrogen and oxygen atoms in total.